The van der Waals surface area contributed by atoms with Crippen molar-refractivity contribution in [1.29, 1.82) is 0 Å². The molecule has 163 valence electrons. The van der Waals surface area contributed by atoms with Crippen LogP contribution in [0.5, 0.6) is 0 Å². The van der Waals surface area contributed by atoms with Crippen molar-refractivity contribution >= 4 is 11.7 Å². The van der Waals surface area contributed by atoms with Gasteiger partial charge < -0.3 is 11.1 Å². The molecule has 2 fully saturated rings. The fourth-order valence-corrected chi connectivity index (χ4v) is 5.82. The average molecular weight is 419 g/mol. The standard InChI is InChI=1S/C26H32N3O2/c1-18-9-7-10-19(2)21(18)22(30)23-26(24(27)31)16-28-15-25(26,3)17-29(23)14-8-13-20-11-5-4-6-12-20/h4-7,9-13,23,28H,8,14-17H2,1-3H3,(H2,27,31)/t23-,25?,26-/m1/s1. The van der Waals surface area contributed by atoms with Gasteiger partial charge in [0, 0.05) is 30.6 Å². The van der Waals surface area contributed by atoms with Crippen LogP contribution in [0.2, 0.25) is 0 Å². The maximum absolute atomic E-state index is 14.0. The number of fused-ring (bicyclic) bond motifs is 1. The molecule has 0 aromatic heterocycles. The molecule has 3 N–H and O–H groups in total. The summed E-state index contributed by atoms with van der Waals surface area (Å²) in [6, 6.07) is 15.5. The smallest absolute Gasteiger partial charge is 0.227 e. The number of nitrogens with one attached hydrogen (secondary N) is 1. The number of hydrogen-bond acceptors (Lipinski definition) is 4. The van der Waals surface area contributed by atoms with Gasteiger partial charge in [-0.2, -0.15) is 0 Å². The van der Waals surface area contributed by atoms with Gasteiger partial charge in [0.05, 0.1) is 11.5 Å². The van der Waals surface area contributed by atoms with E-state index in [4.69, 9.17) is 5.73 Å². The summed E-state index contributed by atoms with van der Waals surface area (Å²) >= 11 is 0. The van der Waals surface area contributed by atoms with E-state index in [2.05, 4.69) is 35.7 Å². The van der Waals surface area contributed by atoms with Crippen LogP contribution in [0, 0.1) is 31.1 Å². The molecule has 2 aliphatic rings. The van der Waals surface area contributed by atoms with Gasteiger partial charge in [-0.25, -0.2) is 0 Å². The summed E-state index contributed by atoms with van der Waals surface area (Å²) in [5.41, 5.74) is 8.55. The van der Waals surface area contributed by atoms with E-state index in [0.29, 0.717) is 26.2 Å². The van der Waals surface area contributed by atoms with Crippen LogP contribution in [0.25, 0.3) is 0 Å². The zero-order chi connectivity index (χ0) is 22.2. The van der Waals surface area contributed by atoms with Crippen molar-refractivity contribution in [2.24, 2.45) is 16.6 Å². The number of hydrogen-bond donors (Lipinski definition) is 2. The van der Waals surface area contributed by atoms with E-state index in [0.717, 1.165) is 28.7 Å². The molecule has 1 radical (unpaired) electrons. The fraction of sp³-hybridized carbons (Fsp3) is 0.423. The maximum Gasteiger partial charge on any atom is 0.227 e. The Morgan fingerprint density at radius 3 is 2.42 bits per heavy atom. The van der Waals surface area contributed by atoms with Crippen LogP contribution in [0.4, 0.5) is 0 Å². The highest BCUT2D eigenvalue weighted by molar-refractivity contribution is 6.06. The van der Waals surface area contributed by atoms with Crippen LogP contribution in [0.1, 0.15) is 40.4 Å². The molecule has 4 rings (SSSR count). The zero-order valence-corrected chi connectivity index (χ0v) is 18.7. The molecule has 0 bridgehead atoms. The van der Waals surface area contributed by atoms with E-state index in [-0.39, 0.29) is 17.1 Å². The second-order valence-electron chi connectivity index (χ2n) is 9.41. The number of rotatable bonds is 7. The SMILES string of the molecule is Cc1cccc(C)c1C(=O)[C@H]1N(CC[CH]c2ccccc2)CC2(C)CNC[C@]12C(N)=O. The Bertz CT molecular complexity index is 969. The lowest BCUT2D eigenvalue weighted by molar-refractivity contribution is -0.131. The van der Waals surface area contributed by atoms with Gasteiger partial charge in [-0.1, -0.05) is 55.5 Å². The first-order valence-electron chi connectivity index (χ1n) is 11.0. The third-order valence-electron chi connectivity index (χ3n) is 7.39. The number of aryl methyl sites for hydroxylation is 2. The number of nitrogens with two attached hydrogens (primary N) is 1. The molecule has 0 saturated carbocycles. The van der Waals surface area contributed by atoms with Gasteiger partial charge in [0.2, 0.25) is 5.91 Å². The van der Waals surface area contributed by atoms with E-state index >= 15 is 0 Å². The highest BCUT2D eigenvalue weighted by atomic mass is 16.2. The molecular weight excluding hydrogens is 386 g/mol. The number of Topliss-reactive ketones (excluding diaryl/α,β-unsaturated/α-hetero) is 1. The number of nitrogens with zero attached hydrogens (tertiary/aromatic N) is 1. The zero-order valence-electron chi connectivity index (χ0n) is 18.7. The summed E-state index contributed by atoms with van der Waals surface area (Å²) in [5, 5.41) is 3.37. The lowest BCUT2D eigenvalue weighted by Crippen LogP contribution is -2.57. The summed E-state index contributed by atoms with van der Waals surface area (Å²) in [7, 11) is 0. The molecule has 2 aromatic carbocycles. The minimum Gasteiger partial charge on any atom is -0.369 e. The highest BCUT2D eigenvalue weighted by Crippen LogP contribution is 2.53. The molecule has 0 aliphatic carbocycles. The van der Waals surface area contributed by atoms with Crippen LogP contribution in [0.15, 0.2) is 48.5 Å². The van der Waals surface area contributed by atoms with Gasteiger partial charge in [-0.15, -0.1) is 0 Å². The van der Waals surface area contributed by atoms with Crippen molar-refractivity contribution in [3.05, 3.63) is 77.2 Å². The summed E-state index contributed by atoms with van der Waals surface area (Å²) in [5.74, 6) is -0.360. The molecule has 2 heterocycles. The summed E-state index contributed by atoms with van der Waals surface area (Å²) in [6.45, 7) is 8.54. The Hall–Kier alpha value is -2.50. The van der Waals surface area contributed by atoms with E-state index in [1.165, 1.54) is 0 Å². The van der Waals surface area contributed by atoms with Gasteiger partial charge in [0.1, 0.15) is 0 Å². The Morgan fingerprint density at radius 2 is 1.77 bits per heavy atom. The van der Waals surface area contributed by atoms with E-state index in [1.54, 1.807) is 0 Å². The van der Waals surface area contributed by atoms with E-state index < -0.39 is 11.5 Å². The summed E-state index contributed by atoms with van der Waals surface area (Å²) in [4.78, 5) is 29.2. The predicted molar refractivity (Wildman–Crippen MR) is 123 cm³/mol. The first-order valence-corrected chi connectivity index (χ1v) is 11.0. The molecule has 5 nitrogen and oxygen atoms in total. The van der Waals surface area contributed by atoms with Gasteiger partial charge in [0.15, 0.2) is 5.78 Å². The Balaban J connectivity index is 1.68. The molecule has 3 atom stereocenters. The second kappa shape index (κ2) is 8.21. The first kappa shape index (κ1) is 21.7. The summed E-state index contributed by atoms with van der Waals surface area (Å²) < 4.78 is 0. The second-order valence-corrected chi connectivity index (χ2v) is 9.41. The van der Waals surface area contributed by atoms with E-state index in [1.807, 2.05) is 50.2 Å². The van der Waals surface area contributed by atoms with Crippen LogP contribution >= 0.6 is 0 Å². The van der Waals surface area contributed by atoms with Crippen LogP contribution in [-0.4, -0.2) is 48.8 Å². The highest BCUT2D eigenvalue weighted by Gasteiger charge is 2.68. The quantitative estimate of drug-likeness (QED) is 0.678. The lowest BCUT2D eigenvalue weighted by Gasteiger charge is -2.37. The van der Waals surface area contributed by atoms with Crippen molar-refractivity contribution in [1.82, 2.24) is 10.2 Å². The topological polar surface area (TPSA) is 75.4 Å². The molecule has 0 spiro atoms. The minimum absolute atomic E-state index is 0.0153. The Kier molecular flexibility index (Phi) is 5.75. The normalized spacial score (nSPS) is 27.9. The monoisotopic (exact) mass is 418 g/mol. The van der Waals surface area contributed by atoms with Crippen molar-refractivity contribution in [3.8, 4) is 0 Å². The number of amides is 1. The van der Waals surface area contributed by atoms with Gasteiger partial charge >= 0.3 is 0 Å². The van der Waals surface area contributed by atoms with Gasteiger partial charge in [0.25, 0.3) is 0 Å². The molecule has 2 saturated heterocycles. The summed E-state index contributed by atoms with van der Waals surface area (Å²) in [6.07, 6.45) is 2.99. The molecule has 1 unspecified atom stereocenters. The number of primary amides is 1. The van der Waals surface area contributed by atoms with Crippen molar-refractivity contribution < 1.29 is 9.59 Å². The maximum atomic E-state index is 14.0. The number of carbonyl (C=O) groups excluding carboxylic acids is 2. The largest absolute Gasteiger partial charge is 0.369 e. The van der Waals surface area contributed by atoms with E-state index in [9.17, 15) is 9.59 Å². The van der Waals surface area contributed by atoms with Crippen molar-refractivity contribution in [3.63, 3.8) is 0 Å². The third-order valence-corrected chi connectivity index (χ3v) is 7.39. The Labute approximate surface area is 185 Å². The number of carbonyl (C=O) groups is 2. The van der Waals surface area contributed by atoms with Crippen molar-refractivity contribution in [2.45, 2.75) is 33.2 Å². The van der Waals surface area contributed by atoms with Gasteiger partial charge in [-0.05, 0) is 49.9 Å². The van der Waals surface area contributed by atoms with Crippen LogP contribution in [-0.2, 0) is 4.79 Å². The minimum atomic E-state index is -0.911. The average Bonchev–Trinajstić information content (AvgIpc) is 3.18. The lowest BCUT2D eigenvalue weighted by atomic mass is 9.63. The molecule has 2 aliphatic heterocycles. The number of likely N-dealkylation sites (tertiary alicyclic amines) is 1. The molecular formula is C26H32N3O2. The molecule has 5 heteroatoms. The van der Waals surface area contributed by atoms with Gasteiger partial charge in [-0.3, -0.25) is 14.5 Å². The first-order chi connectivity index (χ1) is 14.8. The third kappa shape index (κ3) is 3.50. The Morgan fingerprint density at radius 1 is 1.10 bits per heavy atom. The fourth-order valence-electron chi connectivity index (χ4n) is 5.82. The number of benzene rings is 2. The molecule has 2 aromatic rings. The van der Waals surface area contributed by atoms with Crippen LogP contribution < -0.4 is 11.1 Å². The molecule has 1 amide bonds. The van der Waals surface area contributed by atoms with Crippen molar-refractivity contribution in [2.75, 3.05) is 26.2 Å². The molecule has 31 heavy (non-hydrogen) atoms. The van der Waals surface area contributed by atoms with Crippen LogP contribution in [0.3, 0.4) is 0 Å². The predicted octanol–water partition coefficient (Wildman–Crippen LogP) is 2.89. The number of ketones is 1.